The number of hydrogen-bond acceptors (Lipinski definition) is 20. The van der Waals surface area contributed by atoms with Crippen molar-refractivity contribution < 1.29 is 73.7 Å². The summed E-state index contributed by atoms with van der Waals surface area (Å²) in [6.45, 7) is -2.60. The highest BCUT2D eigenvalue weighted by Crippen LogP contribution is 2.56. The summed E-state index contributed by atoms with van der Waals surface area (Å²) in [6.07, 6.45) is -6.48. The topological polar surface area (TPSA) is 254 Å². The Labute approximate surface area is 318 Å². The summed E-state index contributed by atoms with van der Waals surface area (Å²) in [5.41, 5.74) is 0. The third kappa shape index (κ3) is 15.9. The highest BCUT2D eigenvalue weighted by Gasteiger charge is 2.46. The molecule has 6 unspecified atom stereocenters. The monoisotopic (exact) mass is 821 g/mol. The summed E-state index contributed by atoms with van der Waals surface area (Å²) in [5.74, 6) is 0.427. The number of hydrogen-bond donors (Lipinski definition) is 2. The van der Waals surface area contributed by atoms with Crippen LogP contribution in [0.5, 0.6) is 0 Å². The van der Waals surface area contributed by atoms with Gasteiger partial charge in [-0.15, -0.1) is 0 Å². The van der Waals surface area contributed by atoms with Gasteiger partial charge in [0, 0.05) is 18.0 Å². The number of thiol groups is 1. The van der Waals surface area contributed by atoms with E-state index < -0.39 is 97.9 Å². The Hall–Kier alpha value is -0.815. The SMILES string of the molecule is [B][C@H]1C[C@@H](OP(=O)(OCCC#N)OCC2O[C@@H]([B])C[C@H]2OP(=O)(OCCC#N)OCC2O[C@@H]([B])C[C@H]2OP(=O)(OCCC#N)OCCCS)C(CO)O1. The Morgan fingerprint density at radius 3 is 1.30 bits per heavy atom. The quantitative estimate of drug-likeness (QED) is 0.0550. The van der Waals surface area contributed by atoms with E-state index in [1.807, 2.05) is 18.2 Å². The second kappa shape index (κ2) is 23.4. The van der Waals surface area contributed by atoms with Crippen LogP contribution in [0, 0.1) is 34.0 Å². The number of aliphatic hydroxyl groups excluding tert-OH is 1. The fourth-order valence-corrected chi connectivity index (χ4v) is 9.34. The molecule has 19 nitrogen and oxygen atoms in total. The molecule has 0 saturated carbocycles. The van der Waals surface area contributed by atoms with Gasteiger partial charge in [-0.1, -0.05) is 0 Å². The lowest BCUT2D eigenvalue weighted by Crippen LogP contribution is -2.32. The van der Waals surface area contributed by atoms with Crippen LogP contribution in [-0.4, -0.2) is 135 Å². The first-order chi connectivity index (χ1) is 25.3. The molecule has 1 N–H and O–H groups in total. The Kier molecular flexibility index (Phi) is 20.6. The molecule has 290 valence electrons. The van der Waals surface area contributed by atoms with Gasteiger partial charge >= 0.3 is 23.5 Å². The van der Waals surface area contributed by atoms with E-state index in [2.05, 4.69) is 12.6 Å². The zero-order chi connectivity index (χ0) is 38.9. The zero-order valence-electron chi connectivity index (χ0n) is 28.7. The van der Waals surface area contributed by atoms with Gasteiger partial charge < -0.3 is 19.3 Å². The van der Waals surface area contributed by atoms with E-state index in [0.29, 0.717) is 12.2 Å². The molecule has 6 radical (unpaired) electrons. The first-order valence-corrected chi connectivity index (χ1v) is 21.6. The van der Waals surface area contributed by atoms with Gasteiger partial charge in [-0.25, -0.2) is 13.7 Å². The lowest BCUT2D eigenvalue weighted by atomic mass is 9.96. The molecular formula is C27H41B3N3O16P3S. The van der Waals surface area contributed by atoms with Crippen LogP contribution in [0.1, 0.15) is 44.9 Å². The number of phosphoric acid groups is 3. The molecule has 53 heavy (non-hydrogen) atoms. The van der Waals surface area contributed by atoms with Crippen molar-refractivity contribution in [2.75, 3.05) is 52.0 Å². The highest BCUT2D eigenvalue weighted by molar-refractivity contribution is 7.80. The molecule has 0 aromatic heterocycles. The standard InChI is InChI=1S/C27H41B3N3O16P3S/c28-25-13-19(22(16-34)44-25)47-51(36,39-9-2-6-32)42-18-24-21(15-27(30)46-24)49-52(37,40-10-3-7-33)43-17-23-20(14-26(29)45-23)48-50(35,38-8-1-5-31)41-11-4-12-53/h19-27,34,53H,1-4,8-18H2/t19-,20-,21-,22?,23?,24?,25-,26-,27-,50?,51?,52?/m1/s1. The molecule has 3 rings (SSSR count). The van der Waals surface area contributed by atoms with Crippen LogP contribution in [0.3, 0.4) is 0 Å². The van der Waals surface area contributed by atoms with Gasteiger partial charge in [-0.05, 0) is 31.4 Å². The van der Waals surface area contributed by atoms with E-state index in [1.165, 1.54) is 0 Å². The van der Waals surface area contributed by atoms with Gasteiger partial charge in [0.25, 0.3) is 0 Å². The van der Waals surface area contributed by atoms with E-state index in [4.69, 9.17) is 94.2 Å². The second-order valence-corrected chi connectivity index (χ2v) is 16.8. The fourth-order valence-electron chi connectivity index (χ4n) is 5.00. The van der Waals surface area contributed by atoms with E-state index in [-0.39, 0.29) is 65.0 Å². The van der Waals surface area contributed by atoms with Gasteiger partial charge in [0.2, 0.25) is 0 Å². The average Bonchev–Trinajstić information content (AvgIpc) is 3.76. The van der Waals surface area contributed by atoms with Crippen molar-refractivity contribution in [3.05, 3.63) is 0 Å². The van der Waals surface area contributed by atoms with Crippen molar-refractivity contribution in [2.24, 2.45) is 0 Å². The maximum atomic E-state index is 14.0. The largest absolute Gasteiger partial charge is 0.475 e. The second-order valence-electron chi connectivity index (χ2n) is 11.5. The van der Waals surface area contributed by atoms with E-state index in [9.17, 15) is 18.8 Å². The van der Waals surface area contributed by atoms with Gasteiger partial charge in [0.15, 0.2) is 0 Å². The number of nitrogens with zero attached hydrogens (tertiary/aromatic N) is 3. The van der Waals surface area contributed by atoms with Gasteiger partial charge in [0.05, 0.1) is 102 Å². The Morgan fingerprint density at radius 1 is 0.604 bits per heavy atom. The lowest BCUT2D eigenvalue weighted by Gasteiger charge is -2.28. The fraction of sp³-hybridized carbons (Fsp3) is 0.889. The minimum atomic E-state index is -4.61. The maximum absolute atomic E-state index is 14.0. The normalized spacial score (nSPS) is 31.9. The molecule has 12 atom stereocenters. The average molecular weight is 821 g/mol. The zero-order valence-corrected chi connectivity index (χ0v) is 32.3. The minimum absolute atomic E-state index is 0.00271. The molecule has 0 amide bonds. The lowest BCUT2D eigenvalue weighted by molar-refractivity contribution is -0.0386. The van der Waals surface area contributed by atoms with E-state index >= 15 is 0 Å². The van der Waals surface area contributed by atoms with Crippen molar-refractivity contribution in [1.82, 2.24) is 0 Å². The number of rotatable bonds is 26. The van der Waals surface area contributed by atoms with Gasteiger partial charge in [-0.2, -0.15) is 28.4 Å². The molecule has 3 heterocycles. The van der Waals surface area contributed by atoms with Gasteiger partial charge in [-0.3, -0.25) is 40.7 Å². The third-order valence-corrected chi connectivity index (χ3v) is 12.2. The Balaban J connectivity index is 1.72. The van der Waals surface area contributed by atoms with Crippen molar-refractivity contribution in [2.45, 2.75) is 99.6 Å². The molecule has 26 heteroatoms. The molecule has 0 aromatic rings. The number of aliphatic hydroxyl groups is 1. The molecule has 3 fully saturated rings. The first kappa shape index (κ1) is 46.6. The maximum Gasteiger partial charge on any atom is 0.475 e. The molecule has 3 aliphatic heterocycles. The predicted molar refractivity (Wildman–Crippen MR) is 186 cm³/mol. The van der Waals surface area contributed by atoms with Crippen LogP contribution in [0.2, 0.25) is 0 Å². The highest BCUT2D eigenvalue weighted by atomic mass is 32.1. The first-order valence-electron chi connectivity index (χ1n) is 16.6. The summed E-state index contributed by atoms with van der Waals surface area (Å²) < 4.78 is 107. The molecule has 0 bridgehead atoms. The van der Waals surface area contributed by atoms with Crippen molar-refractivity contribution >= 4 is 59.6 Å². The summed E-state index contributed by atoms with van der Waals surface area (Å²) in [7, 11) is 4.47. The molecule has 3 saturated heterocycles. The molecule has 0 aliphatic carbocycles. The number of phosphoric ester groups is 3. The Morgan fingerprint density at radius 2 is 0.943 bits per heavy atom. The van der Waals surface area contributed by atoms with Gasteiger partial charge in [0.1, 0.15) is 41.9 Å². The predicted octanol–water partition coefficient (Wildman–Crippen LogP) is 2.47. The van der Waals surface area contributed by atoms with Crippen LogP contribution in [0.4, 0.5) is 0 Å². The van der Waals surface area contributed by atoms with Crippen LogP contribution >= 0.6 is 36.1 Å². The van der Waals surface area contributed by atoms with E-state index in [1.54, 1.807) is 0 Å². The Bertz CT molecular complexity index is 1410. The summed E-state index contributed by atoms with van der Waals surface area (Å²) in [6, 6.07) is 2.83. The summed E-state index contributed by atoms with van der Waals surface area (Å²) in [5, 5.41) is 36.5. The summed E-state index contributed by atoms with van der Waals surface area (Å²) >= 11 is 4.10. The third-order valence-electron chi connectivity index (χ3n) is 7.40. The van der Waals surface area contributed by atoms with Crippen molar-refractivity contribution in [1.29, 1.82) is 15.8 Å². The molecule has 0 spiro atoms. The van der Waals surface area contributed by atoms with Crippen LogP contribution in [0.25, 0.3) is 0 Å². The van der Waals surface area contributed by atoms with Crippen molar-refractivity contribution in [3.63, 3.8) is 0 Å². The number of nitriles is 3. The van der Waals surface area contributed by atoms with E-state index in [0.717, 1.165) is 0 Å². The molecule has 3 aliphatic rings. The molecule has 0 aromatic carbocycles. The molecular weight excluding hydrogens is 780 g/mol. The smallest absolute Gasteiger partial charge is 0.394 e. The number of ether oxygens (including phenoxy) is 3. The minimum Gasteiger partial charge on any atom is -0.394 e. The van der Waals surface area contributed by atoms with Crippen LogP contribution in [-0.2, 0) is 68.6 Å². The summed E-state index contributed by atoms with van der Waals surface area (Å²) in [4.78, 5) is 0. The van der Waals surface area contributed by atoms with Crippen LogP contribution in [0.15, 0.2) is 0 Å². The van der Waals surface area contributed by atoms with Crippen LogP contribution < -0.4 is 0 Å². The van der Waals surface area contributed by atoms with Crippen molar-refractivity contribution in [3.8, 4) is 18.2 Å².